The van der Waals surface area contributed by atoms with Gasteiger partial charge in [0.1, 0.15) is 29.4 Å². The standard InChI is InChI=1S/C23H22O7/c1-4-14-10-18-16(11-23(26)30-21(18)12-19(14)24)13-29-22(25)8-5-15-9-17(27-2)6-7-20(15)28-3/h5-12,24H,4,13H2,1-3H3/b8-5+. The molecule has 0 amide bonds. The van der Waals surface area contributed by atoms with Crippen LogP contribution in [0, 0.1) is 0 Å². The number of phenolic OH excluding ortho intramolecular Hbond substituents is 1. The minimum Gasteiger partial charge on any atom is -0.508 e. The van der Waals surface area contributed by atoms with Gasteiger partial charge < -0.3 is 23.7 Å². The zero-order valence-electron chi connectivity index (χ0n) is 16.9. The molecule has 0 unspecified atom stereocenters. The molecule has 1 N–H and O–H groups in total. The second-order valence-corrected chi connectivity index (χ2v) is 6.47. The molecule has 3 aromatic rings. The monoisotopic (exact) mass is 410 g/mol. The van der Waals surface area contributed by atoms with E-state index in [2.05, 4.69) is 0 Å². The first-order valence-corrected chi connectivity index (χ1v) is 9.30. The van der Waals surface area contributed by atoms with Crippen molar-refractivity contribution in [3.63, 3.8) is 0 Å². The fraction of sp³-hybridized carbons (Fsp3) is 0.217. The molecular formula is C23H22O7. The lowest BCUT2D eigenvalue weighted by Crippen LogP contribution is -2.06. The van der Waals surface area contributed by atoms with Gasteiger partial charge in [-0.2, -0.15) is 0 Å². The highest BCUT2D eigenvalue weighted by molar-refractivity contribution is 5.88. The number of aromatic hydroxyl groups is 1. The maximum Gasteiger partial charge on any atom is 0.336 e. The van der Waals surface area contributed by atoms with Crippen LogP contribution in [0.15, 0.2) is 51.7 Å². The Morgan fingerprint density at radius 3 is 2.60 bits per heavy atom. The van der Waals surface area contributed by atoms with Gasteiger partial charge in [0.15, 0.2) is 0 Å². The lowest BCUT2D eigenvalue weighted by Gasteiger charge is -2.09. The van der Waals surface area contributed by atoms with Crippen LogP contribution in [0.3, 0.4) is 0 Å². The molecule has 7 nitrogen and oxygen atoms in total. The third-order valence-corrected chi connectivity index (χ3v) is 4.62. The van der Waals surface area contributed by atoms with Gasteiger partial charge in [-0.3, -0.25) is 0 Å². The molecule has 0 aliphatic heterocycles. The van der Waals surface area contributed by atoms with Gasteiger partial charge in [-0.05, 0) is 42.3 Å². The predicted octanol–water partition coefficient (Wildman–Crippen LogP) is 3.83. The average molecular weight is 410 g/mol. The van der Waals surface area contributed by atoms with Gasteiger partial charge in [0.2, 0.25) is 0 Å². The number of rotatable bonds is 7. The molecule has 0 fully saturated rings. The Morgan fingerprint density at radius 2 is 1.90 bits per heavy atom. The Bertz CT molecular complexity index is 1160. The normalized spacial score (nSPS) is 11.0. The predicted molar refractivity (Wildman–Crippen MR) is 112 cm³/mol. The highest BCUT2D eigenvalue weighted by Crippen LogP contribution is 2.28. The third-order valence-electron chi connectivity index (χ3n) is 4.62. The molecule has 0 bridgehead atoms. The minimum atomic E-state index is -0.589. The van der Waals surface area contributed by atoms with E-state index in [9.17, 15) is 14.7 Å². The highest BCUT2D eigenvalue weighted by atomic mass is 16.5. The van der Waals surface area contributed by atoms with Crippen molar-refractivity contribution in [2.45, 2.75) is 20.0 Å². The molecule has 7 heteroatoms. The molecule has 0 saturated carbocycles. The lowest BCUT2D eigenvalue weighted by atomic mass is 10.0. The van der Waals surface area contributed by atoms with E-state index in [1.54, 1.807) is 37.5 Å². The van der Waals surface area contributed by atoms with Crippen LogP contribution in [0.5, 0.6) is 17.2 Å². The number of methoxy groups -OCH3 is 2. The highest BCUT2D eigenvalue weighted by Gasteiger charge is 2.11. The van der Waals surface area contributed by atoms with Crippen molar-refractivity contribution in [1.29, 1.82) is 0 Å². The number of esters is 1. The van der Waals surface area contributed by atoms with Crippen molar-refractivity contribution in [3.05, 3.63) is 69.6 Å². The topological polar surface area (TPSA) is 95.2 Å². The molecule has 1 heterocycles. The summed E-state index contributed by atoms with van der Waals surface area (Å²) in [4.78, 5) is 24.0. The number of carbonyl (C=O) groups is 1. The molecule has 2 aromatic carbocycles. The summed E-state index contributed by atoms with van der Waals surface area (Å²) >= 11 is 0. The molecule has 0 aliphatic carbocycles. The van der Waals surface area contributed by atoms with Gasteiger partial charge in [-0.1, -0.05) is 6.92 Å². The SMILES string of the molecule is CCc1cc2c(COC(=O)/C=C/c3cc(OC)ccc3OC)cc(=O)oc2cc1O. The van der Waals surface area contributed by atoms with E-state index in [0.717, 1.165) is 0 Å². The number of ether oxygens (including phenoxy) is 3. The van der Waals surface area contributed by atoms with Crippen LogP contribution >= 0.6 is 0 Å². The zero-order valence-corrected chi connectivity index (χ0v) is 16.9. The van der Waals surface area contributed by atoms with E-state index in [1.807, 2.05) is 6.92 Å². The van der Waals surface area contributed by atoms with Crippen molar-refractivity contribution >= 4 is 23.0 Å². The molecule has 0 aliphatic rings. The number of fused-ring (bicyclic) bond motifs is 1. The van der Waals surface area contributed by atoms with Gasteiger partial charge in [-0.25, -0.2) is 9.59 Å². The summed E-state index contributed by atoms with van der Waals surface area (Å²) < 4.78 is 20.9. The largest absolute Gasteiger partial charge is 0.508 e. The first-order valence-electron chi connectivity index (χ1n) is 9.30. The summed E-state index contributed by atoms with van der Waals surface area (Å²) in [6.45, 7) is 1.78. The van der Waals surface area contributed by atoms with Gasteiger partial charge >= 0.3 is 11.6 Å². The summed E-state index contributed by atoms with van der Waals surface area (Å²) in [6, 6.07) is 9.63. The molecule has 0 saturated heterocycles. The van der Waals surface area contributed by atoms with E-state index in [0.29, 0.717) is 40.0 Å². The Hall–Kier alpha value is -3.74. The van der Waals surface area contributed by atoms with Crippen molar-refractivity contribution < 1.29 is 28.5 Å². The molecule has 1 aromatic heterocycles. The second kappa shape index (κ2) is 9.17. The maximum absolute atomic E-state index is 12.2. The van der Waals surface area contributed by atoms with Gasteiger partial charge in [0, 0.05) is 34.7 Å². The summed E-state index contributed by atoms with van der Waals surface area (Å²) in [6.07, 6.45) is 3.44. The first-order chi connectivity index (χ1) is 14.4. The van der Waals surface area contributed by atoms with E-state index in [4.69, 9.17) is 18.6 Å². The van der Waals surface area contributed by atoms with Crippen molar-refractivity contribution in [1.82, 2.24) is 0 Å². The van der Waals surface area contributed by atoms with Gasteiger partial charge in [0.25, 0.3) is 0 Å². The third kappa shape index (κ3) is 4.63. The molecule has 156 valence electrons. The van der Waals surface area contributed by atoms with E-state index < -0.39 is 11.6 Å². The van der Waals surface area contributed by atoms with E-state index in [-0.39, 0.29) is 17.9 Å². The van der Waals surface area contributed by atoms with Crippen molar-refractivity contribution in [2.75, 3.05) is 14.2 Å². The van der Waals surface area contributed by atoms with Crippen LogP contribution in [0.25, 0.3) is 17.0 Å². The number of benzene rings is 2. The summed E-state index contributed by atoms with van der Waals surface area (Å²) in [5.41, 5.74) is 1.50. The Labute approximate surface area is 173 Å². The molecule has 30 heavy (non-hydrogen) atoms. The summed E-state index contributed by atoms with van der Waals surface area (Å²) in [5, 5.41) is 10.6. The van der Waals surface area contributed by atoms with Crippen LogP contribution in [0.4, 0.5) is 0 Å². The van der Waals surface area contributed by atoms with Crippen LogP contribution in [-0.2, 0) is 22.6 Å². The number of phenols is 1. The fourth-order valence-electron chi connectivity index (χ4n) is 3.03. The number of aryl methyl sites for hydroxylation is 1. The summed E-state index contributed by atoms with van der Waals surface area (Å²) in [5.74, 6) is 0.674. The smallest absolute Gasteiger partial charge is 0.336 e. The van der Waals surface area contributed by atoms with Gasteiger partial charge in [-0.15, -0.1) is 0 Å². The average Bonchev–Trinajstić information content (AvgIpc) is 2.75. The Balaban J connectivity index is 1.80. The molecular weight excluding hydrogens is 388 g/mol. The van der Waals surface area contributed by atoms with Crippen LogP contribution < -0.4 is 15.1 Å². The Kier molecular flexibility index (Phi) is 6.41. The Morgan fingerprint density at radius 1 is 1.10 bits per heavy atom. The van der Waals surface area contributed by atoms with E-state index in [1.165, 1.54) is 25.3 Å². The van der Waals surface area contributed by atoms with Crippen molar-refractivity contribution in [2.24, 2.45) is 0 Å². The van der Waals surface area contributed by atoms with Crippen LogP contribution in [0.1, 0.15) is 23.6 Å². The molecule has 3 rings (SSSR count). The van der Waals surface area contributed by atoms with Crippen molar-refractivity contribution in [3.8, 4) is 17.2 Å². The fourth-order valence-corrected chi connectivity index (χ4v) is 3.03. The van der Waals surface area contributed by atoms with Crippen LogP contribution in [-0.4, -0.2) is 25.3 Å². The lowest BCUT2D eigenvalue weighted by molar-refractivity contribution is -0.138. The maximum atomic E-state index is 12.2. The second-order valence-electron chi connectivity index (χ2n) is 6.47. The van der Waals surface area contributed by atoms with Crippen LogP contribution in [0.2, 0.25) is 0 Å². The zero-order chi connectivity index (χ0) is 21.7. The van der Waals surface area contributed by atoms with E-state index >= 15 is 0 Å². The minimum absolute atomic E-state index is 0.0532. The molecule has 0 atom stereocenters. The number of hydrogen-bond donors (Lipinski definition) is 1. The molecule has 0 radical (unpaired) electrons. The molecule has 0 spiro atoms. The first kappa shape index (κ1) is 21.0. The quantitative estimate of drug-likeness (QED) is 0.359. The van der Waals surface area contributed by atoms with Gasteiger partial charge in [0.05, 0.1) is 14.2 Å². The number of hydrogen-bond acceptors (Lipinski definition) is 7. The number of carbonyl (C=O) groups excluding carboxylic acids is 1. The summed E-state index contributed by atoms with van der Waals surface area (Å²) in [7, 11) is 3.08.